The minimum absolute atomic E-state index is 0.124. The summed E-state index contributed by atoms with van der Waals surface area (Å²) in [5, 5.41) is 8.77. The van der Waals surface area contributed by atoms with Gasteiger partial charge >= 0.3 is 0 Å². The van der Waals surface area contributed by atoms with E-state index in [1.807, 2.05) is 13.8 Å². The van der Waals surface area contributed by atoms with Crippen LogP contribution in [-0.4, -0.2) is 18.0 Å². The molecular weight excluding hydrogens is 274 g/mol. The molecule has 100 valence electrons. The molecule has 0 saturated heterocycles. The Morgan fingerprint density at radius 2 is 2.17 bits per heavy atom. The van der Waals surface area contributed by atoms with Crippen LogP contribution in [-0.2, 0) is 15.6 Å². The first kappa shape index (κ1) is 15.0. The van der Waals surface area contributed by atoms with Crippen LogP contribution in [0, 0.1) is 23.7 Å². The molecule has 1 heterocycles. The molecule has 1 aromatic rings. The van der Waals surface area contributed by atoms with Gasteiger partial charge in [0.15, 0.2) is 5.03 Å². The lowest BCUT2D eigenvalue weighted by Crippen LogP contribution is -2.09. The van der Waals surface area contributed by atoms with Crippen molar-refractivity contribution in [1.29, 1.82) is 5.26 Å². The van der Waals surface area contributed by atoms with E-state index in [1.54, 1.807) is 11.5 Å². The van der Waals surface area contributed by atoms with E-state index in [1.165, 1.54) is 6.20 Å². The fourth-order valence-electron chi connectivity index (χ4n) is 1.57. The summed E-state index contributed by atoms with van der Waals surface area (Å²) in [5.74, 6) is 0.601. The Kier molecular flexibility index (Phi) is 4.41. The molecule has 5 nitrogen and oxygen atoms in total. The van der Waals surface area contributed by atoms with Gasteiger partial charge in [-0.2, -0.15) is 5.26 Å². The molecule has 0 aliphatic heterocycles. The lowest BCUT2D eigenvalue weighted by atomic mass is 9.90. The molecule has 0 amide bonds. The molecule has 18 heavy (non-hydrogen) atoms. The van der Waals surface area contributed by atoms with Crippen molar-refractivity contribution in [3.63, 3.8) is 0 Å². The van der Waals surface area contributed by atoms with Gasteiger partial charge in [0.05, 0.1) is 11.5 Å². The van der Waals surface area contributed by atoms with E-state index >= 15 is 0 Å². The Morgan fingerprint density at radius 1 is 1.56 bits per heavy atom. The van der Waals surface area contributed by atoms with Crippen molar-refractivity contribution in [3.8, 4) is 6.07 Å². The number of nitrogens with zero attached hydrogens (tertiary/aromatic N) is 3. The van der Waals surface area contributed by atoms with E-state index in [0.29, 0.717) is 12.4 Å². The Morgan fingerprint density at radius 3 is 2.61 bits per heavy atom. The van der Waals surface area contributed by atoms with Crippen molar-refractivity contribution in [2.75, 3.05) is 0 Å². The zero-order valence-corrected chi connectivity index (χ0v) is 12.2. The molecule has 0 aliphatic rings. The highest BCUT2D eigenvalue weighted by Crippen LogP contribution is 2.22. The Hall–Kier alpha value is -1.06. The van der Waals surface area contributed by atoms with Crippen LogP contribution in [0.5, 0.6) is 0 Å². The quantitative estimate of drug-likeness (QED) is 0.780. The molecule has 0 saturated carbocycles. The summed E-state index contributed by atoms with van der Waals surface area (Å²) in [5.41, 5.74) is -0.365. The fourth-order valence-corrected chi connectivity index (χ4v) is 2.29. The lowest BCUT2D eigenvalue weighted by molar-refractivity contribution is 0.414. The molecule has 0 bridgehead atoms. The monoisotopic (exact) mass is 289 g/mol. The summed E-state index contributed by atoms with van der Waals surface area (Å²) in [4.78, 5) is 3.90. The molecule has 1 rings (SSSR count). The van der Waals surface area contributed by atoms with Crippen LogP contribution in [0.3, 0.4) is 0 Å². The van der Waals surface area contributed by atoms with Gasteiger partial charge in [0.25, 0.3) is 9.05 Å². The van der Waals surface area contributed by atoms with Crippen molar-refractivity contribution >= 4 is 19.7 Å². The molecule has 0 fully saturated rings. The van der Waals surface area contributed by atoms with E-state index in [9.17, 15) is 8.42 Å². The van der Waals surface area contributed by atoms with Crippen LogP contribution in [0.4, 0.5) is 0 Å². The van der Waals surface area contributed by atoms with Gasteiger partial charge in [-0.25, -0.2) is 13.4 Å². The molecule has 7 heteroatoms. The van der Waals surface area contributed by atoms with Crippen molar-refractivity contribution in [1.82, 2.24) is 9.55 Å². The predicted octanol–water partition coefficient (Wildman–Crippen LogP) is 2.45. The Balaban J connectivity index is 2.71. The van der Waals surface area contributed by atoms with Gasteiger partial charge in [0, 0.05) is 23.4 Å². The van der Waals surface area contributed by atoms with Crippen molar-refractivity contribution in [3.05, 3.63) is 12.0 Å². The van der Waals surface area contributed by atoms with E-state index < -0.39 is 9.05 Å². The lowest BCUT2D eigenvalue weighted by Gasteiger charge is -2.14. The molecule has 0 spiro atoms. The SMILES string of the molecule is Cc1nc(S(=O)(=O)Cl)cn1CCCC(C)(C)C#N. The highest BCUT2D eigenvalue weighted by Gasteiger charge is 2.18. The van der Waals surface area contributed by atoms with E-state index in [0.717, 1.165) is 12.8 Å². The number of nitriles is 1. The van der Waals surface area contributed by atoms with Crippen molar-refractivity contribution < 1.29 is 8.42 Å². The third-order valence-electron chi connectivity index (χ3n) is 2.71. The average Bonchev–Trinajstić information content (AvgIpc) is 2.60. The first-order chi connectivity index (χ1) is 8.15. The summed E-state index contributed by atoms with van der Waals surface area (Å²) in [6, 6.07) is 2.23. The number of halogens is 1. The summed E-state index contributed by atoms with van der Waals surface area (Å²) in [7, 11) is 1.45. The second-order valence-electron chi connectivity index (χ2n) is 4.86. The largest absolute Gasteiger partial charge is 0.334 e. The summed E-state index contributed by atoms with van der Waals surface area (Å²) >= 11 is 0. The van der Waals surface area contributed by atoms with Crippen molar-refractivity contribution in [2.24, 2.45) is 5.41 Å². The standard InChI is InChI=1S/C11H16ClN3O2S/c1-9-14-10(18(12,16)17)7-15(9)6-4-5-11(2,3)8-13/h7H,4-6H2,1-3H3. The summed E-state index contributed by atoms with van der Waals surface area (Å²) in [6.45, 7) is 6.10. The van der Waals surface area contributed by atoms with Crippen LogP contribution in [0.2, 0.25) is 0 Å². The Labute approximate surface area is 112 Å². The predicted molar refractivity (Wildman–Crippen MR) is 68.6 cm³/mol. The van der Waals surface area contributed by atoms with Gasteiger partial charge in [-0.15, -0.1) is 0 Å². The fraction of sp³-hybridized carbons (Fsp3) is 0.636. The third-order valence-corrected chi connectivity index (χ3v) is 3.88. The van der Waals surface area contributed by atoms with Crippen LogP contribution in [0.25, 0.3) is 0 Å². The van der Waals surface area contributed by atoms with Crippen LogP contribution in [0.1, 0.15) is 32.5 Å². The number of hydrogen-bond acceptors (Lipinski definition) is 4. The van der Waals surface area contributed by atoms with Gasteiger partial charge in [0.1, 0.15) is 5.82 Å². The zero-order valence-electron chi connectivity index (χ0n) is 10.6. The van der Waals surface area contributed by atoms with Gasteiger partial charge in [0.2, 0.25) is 0 Å². The summed E-state index contributed by atoms with van der Waals surface area (Å²) in [6.07, 6.45) is 2.95. The first-order valence-corrected chi connectivity index (χ1v) is 7.86. The molecule has 0 aliphatic carbocycles. The Bertz CT molecular complexity index is 570. The molecule has 0 unspecified atom stereocenters. The van der Waals surface area contributed by atoms with Crippen LogP contribution < -0.4 is 0 Å². The highest BCUT2D eigenvalue weighted by atomic mass is 35.7. The molecule has 0 radical (unpaired) electrons. The molecule has 0 aromatic carbocycles. The molecular formula is C11H16ClN3O2S. The first-order valence-electron chi connectivity index (χ1n) is 5.55. The van der Waals surface area contributed by atoms with Gasteiger partial charge < -0.3 is 4.57 Å². The minimum Gasteiger partial charge on any atom is -0.334 e. The van der Waals surface area contributed by atoms with Crippen LogP contribution in [0.15, 0.2) is 11.2 Å². The third kappa shape index (κ3) is 4.00. The number of aromatic nitrogens is 2. The van der Waals surface area contributed by atoms with E-state index in [4.69, 9.17) is 15.9 Å². The van der Waals surface area contributed by atoms with Crippen molar-refractivity contribution in [2.45, 2.75) is 45.2 Å². The number of aryl methyl sites for hydroxylation is 2. The smallest absolute Gasteiger partial charge is 0.280 e. The normalized spacial score (nSPS) is 12.4. The number of rotatable bonds is 5. The second-order valence-corrected chi connectivity index (χ2v) is 7.37. The highest BCUT2D eigenvalue weighted by molar-refractivity contribution is 8.13. The zero-order chi connectivity index (χ0) is 14.0. The van der Waals surface area contributed by atoms with E-state index in [-0.39, 0.29) is 10.4 Å². The maximum absolute atomic E-state index is 11.1. The van der Waals surface area contributed by atoms with Gasteiger partial charge in [-0.3, -0.25) is 0 Å². The topological polar surface area (TPSA) is 75.8 Å². The van der Waals surface area contributed by atoms with E-state index in [2.05, 4.69) is 11.1 Å². The maximum atomic E-state index is 11.1. The maximum Gasteiger partial charge on any atom is 0.280 e. The molecule has 0 atom stereocenters. The minimum atomic E-state index is -3.77. The van der Waals surface area contributed by atoms with Gasteiger partial charge in [-0.1, -0.05) is 0 Å². The average molecular weight is 290 g/mol. The van der Waals surface area contributed by atoms with Gasteiger partial charge in [-0.05, 0) is 33.6 Å². The number of imidazole rings is 1. The number of hydrogen-bond donors (Lipinski definition) is 0. The van der Waals surface area contributed by atoms with Crippen LogP contribution >= 0.6 is 10.7 Å². The second kappa shape index (κ2) is 5.29. The molecule has 0 N–H and O–H groups in total. The summed E-state index contributed by atoms with van der Waals surface area (Å²) < 4.78 is 24.0. The molecule has 1 aromatic heterocycles.